The van der Waals surface area contributed by atoms with E-state index >= 15 is 19.2 Å². The first kappa shape index (κ1) is 130. The molecule has 16 heteroatoms. The monoisotopic (exact) mass is 2030 g/mol. The Labute approximate surface area is 889 Å². The van der Waals surface area contributed by atoms with Crippen molar-refractivity contribution < 1.29 is 76.0 Å². The van der Waals surface area contributed by atoms with Crippen molar-refractivity contribution in [3.05, 3.63) is 95.1 Å². The quantitative estimate of drug-likeness (QED) is 0.0231. The van der Waals surface area contributed by atoms with Crippen molar-refractivity contribution in [2.45, 2.75) is 569 Å². The van der Waals surface area contributed by atoms with E-state index in [1.165, 1.54) is 360 Å². The van der Waals surface area contributed by atoms with Crippen LogP contribution in [0.1, 0.15) is 610 Å². The van der Waals surface area contributed by atoms with E-state index in [4.69, 9.17) is 56.8 Å². The molecule has 0 amide bonds. The van der Waals surface area contributed by atoms with Gasteiger partial charge < -0.3 is 56.8 Å². The molecule has 145 heavy (non-hydrogen) atoms. The predicted molar refractivity (Wildman–Crippen MR) is 608 cm³/mol. The molecule has 0 saturated heterocycles. The van der Waals surface area contributed by atoms with Crippen LogP contribution in [0.3, 0.4) is 0 Å². The summed E-state index contributed by atoms with van der Waals surface area (Å²) >= 11 is 0. The standard InChI is InChI=1S/C129H220O16/c1-9-17-25-33-41-49-57-65-73-81-97-134-117-93-89-113(105-121(117)138-101-85-77-69-61-53-45-37-29-21-13-5)125(130)142-109-129(110-143-126(131)114-90-94-118(135-98-82-74-66-58-50-42-34-26-18-10-2)122(106-114)139-102-86-78-70-62-54-46-38-30-22-14-6,111-144-127(132)115-91-95-119(136-99-83-75-67-59-51-43-35-27-19-11-3)123(107-115)140-103-87-79-71-63-55-47-39-31-23-15-7)112-145-128(133)116-92-96-120(137-100-84-76-68-60-52-44-36-28-20-12-4)124(108-116)141-104-88-80-72-64-56-48-40-32-24-16-8/h89-96,105-108H,9-88,97-104,109-112H2,1-8H3. The van der Waals surface area contributed by atoms with Crippen LogP contribution in [-0.4, -0.2) is 103 Å². The van der Waals surface area contributed by atoms with Crippen LogP contribution >= 0.6 is 0 Å². The fraction of sp³-hybridized carbons (Fsp3) is 0.783. The number of carbonyl (C=O) groups excluding carboxylic acids is 4. The highest BCUT2D eigenvalue weighted by Crippen LogP contribution is 2.37. The third-order valence-corrected chi connectivity index (χ3v) is 28.8. The van der Waals surface area contributed by atoms with Gasteiger partial charge in [0, 0.05) is 0 Å². The number of carbonyl (C=O) groups is 4. The van der Waals surface area contributed by atoms with Gasteiger partial charge in [0.05, 0.1) is 75.1 Å². The molecule has 0 aromatic heterocycles. The van der Waals surface area contributed by atoms with Crippen LogP contribution in [0.25, 0.3) is 0 Å². The summed E-state index contributed by atoms with van der Waals surface area (Å²) in [6.07, 6.45) is 95.1. The molecule has 0 radical (unpaired) electrons. The first-order chi connectivity index (χ1) is 71.5. The largest absolute Gasteiger partial charge is 0.490 e. The maximum Gasteiger partial charge on any atom is 0.338 e. The van der Waals surface area contributed by atoms with E-state index in [0.29, 0.717) is 98.9 Å². The van der Waals surface area contributed by atoms with Crippen LogP contribution in [0.4, 0.5) is 0 Å². The number of esters is 4. The zero-order valence-electron chi connectivity index (χ0n) is 95.0. The van der Waals surface area contributed by atoms with E-state index in [2.05, 4.69) is 55.4 Å². The highest BCUT2D eigenvalue weighted by atomic mass is 16.6. The van der Waals surface area contributed by atoms with E-state index in [9.17, 15) is 0 Å². The normalized spacial score (nSPS) is 11.5. The Morgan fingerprint density at radius 1 is 0.152 bits per heavy atom. The maximum atomic E-state index is 15.4. The second-order valence-corrected chi connectivity index (χ2v) is 42.7. The summed E-state index contributed by atoms with van der Waals surface area (Å²) in [7, 11) is 0. The van der Waals surface area contributed by atoms with Crippen molar-refractivity contribution in [3.8, 4) is 46.0 Å². The summed E-state index contributed by atoms with van der Waals surface area (Å²) < 4.78 is 79.0. The van der Waals surface area contributed by atoms with Gasteiger partial charge in [-0.3, -0.25) is 0 Å². The number of rotatable bonds is 108. The van der Waals surface area contributed by atoms with Crippen LogP contribution in [0.5, 0.6) is 46.0 Å². The molecule has 0 heterocycles. The van der Waals surface area contributed by atoms with Crippen molar-refractivity contribution in [2.75, 3.05) is 79.3 Å². The van der Waals surface area contributed by atoms with Crippen LogP contribution in [0.2, 0.25) is 0 Å². The molecule has 832 valence electrons. The Balaban J connectivity index is 1.89. The fourth-order valence-corrected chi connectivity index (χ4v) is 19.1. The predicted octanol–water partition coefficient (Wildman–Crippen LogP) is 39.8. The average Bonchev–Trinajstić information content (AvgIpc) is 0.817. The van der Waals surface area contributed by atoms with Crippen LogP contribution in [0.15, 0.2) is 72.8 Å². The van der Waals surface area contributed by atoms with Gasteiger partial charge in [0.2, 0.25) is 0 Å². The van der Waals surface area contributed by atoms with Crippen molar-refractivity contribution in [1.82, 2.24) is 0 Å². The van der Waals surface area contributed by atoms with Gasteiger partial charge in [0.1, 0.15) is 31.8 Å². The van der Waals surface area contributed by atoms with Crippen LogP contribution in [0, 0.1) is 5.41 Å². The Morgan fingerprint density at radius 3 is 0.386 bits per heavy atom. The molecule has 0 bridgehead atoms. The van der Waals surface area contributed by atoms with Crippen LogP contribution < -0.4 is 37.9 Å². The minimum absolute atomic E-state index is 0.187. The number of benzene rings is 4. The Kier molecular flexibility index (Phi) is 85.9. The molecule has 0 unspecified atom stereocenters. The zero-order valence-corrected chi connectivity index (χ0v) is 95.0. The third kappa shape index (κ3) is 70.0. The molecular weight excluding hydrogens is 1810 g/mol. The highest BCUT2D eigenvalue weighted by molar-refractivity contribution is 5.92. The van der Waals surface area contributed by atoms with Gasteiger partial charge in [-0.15, -0.1) is 0 Å². The molecule has 4 aromatic carbocycles. The lowest BCUT2D eigenvalue weighted by Crippen LogP contribution is -2.44. The summed E-state index contributed by atoms with van der Waals surface area (Å²) in [4.78, 5) is 61.5. The topological polar surface area (TPSA) is 179 Å². The maximum absolute atomic E-state index is 15.4. The van der Waals surface area contributed by atoms with Gasteiger partial charge in [-0.1, -0.05) is 518 Å². The second-order valence-electron chi connectivity index (χ2n) is 42.7. The molecule has 4 rings (SSSR count). The van der Waals surface area contributed by atoms with Gasteiger partial charge in [0.15, 0.2) is 46.0 Å². The molecule has 0 atom stereocenters. The summed E-state index contributed by atoms with van der Waals surface area (Å²) in [5, 5.41) is 0. The molecule has 0 aliphatic rings. The third-order valence-electron chi connectivity index (χ3n) is 28.8. The molecule has 0 saturated carbocycles. The van der Waals surface area contributed by atoms with E-state index < -0.39 is 55.7 Å². The van der Waals surface area contributed by atoms with Gasteiger partial charge >= 0.3 is 23.9 Å². The van der Waals surface area contributed by atoms with Crippen molar-refractivity contribution >= 4 is 23.9 Å². The molecule has 0 aliphatic heterocycles. The van der Waals surface area contributed by atoms with Crippen molar-refractivity contribution in [1.29, 1.82) is 0 Å². The summed E-state index contributed by atoms with van der Waals surface area (Å²) in [5.74, 6) is 1.00. The lowest BCUT2D eigenvalue weighted by molar-refractivity contribution is -0.0642. The van der Waals surface area contributed by atoms with Gasteiger partial charge in [0.25, 0.3) is 0 Å². The molecule has 4 aromatic rings. The highest BCUT2D eigenvalue weighted by Gasteiger charge is 2.39. The number of ether oxygens (including phenoxy) is 12. The lowest BCUT2D eigenvalue weighted by Gasteiger charge is -2.31. The first-order valence-corrected chi connectivity index (χ1v) is 61.8. The molecule has 0 aliphatic carbocycles. The average molecular weight is 2030 g/mol. The van der Waals surface area contributed by atoms with Gasteiger partial charge in [-0.05, 0) is 124 Å². The van der Waals surface area contributed by atoms with E-state index in [1.807, 2.05) is 0 Å². The smallest absolute Gasteiger partial charge is 0.338 e. The van der Waals surface area contributed by atoms with Crippen LogP contribution in [-0.2, 0) is 18.9 Å². The van der Waals surface area contributed by atoms with Crippen molar-refractivity contribution in [2.24, 2.45) is 5.41 Å². The summed E-state index contributed by atoms with van der Waals surface area (Å²) in [6, 6.07) is 20.7. The Morgan fingerprint density at radius 2 is 0.262 bits per heavy atom. The van der Waals surface area contributed by atoms with E-state index in [-0.39, 0.29) is 22.3 Å². The number of unbranched alkanes of at least 4 members (excludes halogenated alkanes) is 72. The molecule has 0 N–H and O–H groups in total. The van der Waals surface area contributed by atoms with E-state index in [1.54, 1.807) is 72.8 Å². The SMILES string of the molecule is CCCCCCCCCCCCOc1ccc(C(=O)OCC(COC(=O)c2ccc(OCCCCCCCCCCCC)c(OCCCCCCCCCCCC)c2)(COC(=O)c2ccc(OCCCCCCCCCCCC)c(OCCCCCCCCCCCC)c2)COC(=O)c2ccc(OCCCCCCCCCCCC)c(OCCCCCCCCCCCC)c2)cc1OCCCCCCCCCCCC. The fourth-order valence-electron chi connectivity index (χ4n) is 19.1. The minimum Gasteiger partial charge on any atom is -0.490 e. The molecule has 16 nitrogen and oxygen atoms in total. The number of hydrogen-bond donors (Lipinski definition) is 0. The Hall–Kier alpha value is -6.84. The first-order valence-electron chi connectivity index (χ1n) is 61.8. The van der Waals surface area contributed by atoms with Crippen molar-refractivity contribution in [3.63, 3.8) is 0 Å². The van der Waals surface area contributed by atoms with Gasteiger partial charge in [-0.25, -0.2) is 19.2 Å². The minimum atomic E-state index is -1.77. The second kappa shape index (κ2) is 95.5. The molecule has 0 spiro atoms. The Bertz CT molecular complexity index is 3180. The molecular formula is C129H220O16. The summed E-state index contributed by atoms with van der Waals surface area (Å²) in [6.45, 7) is 19.6. The van der Waals surface area contributed by atoms with Gasteiger partial charge in [-0.2, -0.15) is 0 Å². The number of hydrogen-bond acceptors (Lipinski definition) is 16. The molecule has 0 fully saturated rings. The lowest BCUT2D eigenvalue weighted by atomic mass is 9.92. The summed E-state index contributed by atoms with van der Waals surface area (Å²) in [5.41, 5.74) is -1.02. The zero-order chi connectivity index (χ0) is 104. The van der Waals surface area contributed by atoms with E-state index in [0.717, 1.165) is 154 Å².